The maximum Gasteiger partial charge on any atom is 0.335 e. The summed E-state index contributed by atoms with van der Waals surface area (Å²) in [4.78, 5) is 24.6. The summed E-state index contributed by atoms with van der Waals surface area (Å²) in [5.41, 5.74) is 2.13. The Morgan fingerprint density at radius 3 is 2.83 bits per heavy atom. The van der Waals surface area contributed by atoms with Crippen molar-refractivity contribution in [2.45, 2.75) is 32.6 Å². The second kappa shape index (κ2) is 5.21. The van der Waals surface area contributed by atoms with Gasteiger partial charge >= 0.3 is 5.97 Å². The average Bonchev–Trinajstić information content (AvgIpc) is 2.37. The first-order valence-corrected chi connectivity index (χ1v) is 6.30. The van der Waals surface area contributed by atoms with E-state index in [-0.39, 0.29) is 5.91 Å². The van der Waals surface area contributed by atoms with Gasteiger partial charge in [0.15, 0.2) is 0 Å². The summed E-state index contributed by atoms with van der Waals surface area (Å²) in [7, 11) is 0. The zero-order valence-corrected chi connectivity index (χ0v) is 10.5. The van der Waals surface area contributed by atoms with E-state index in [1.807, 2.05) is 0 Å². The SMILES string of the molecule is CCCCN1C(=O)CCc2cc(C(=O)O)ccc21. The number of fused-ring (bicyclic) bond motifs is 1. The van der Waals surface area contributed by atoms with Gasteiger partial charge in [0.2, 0.25) is 5.91 Å². The molecule has 0 saturated heterocycles. The fourth-order valence-corrected chi connectivity index (χ4v) is 2.25. The molecule has 1 amide bonds. The molecule has 4 nitrogen and oxygen atoms in total. The van der Waals surface area contributed by atoms with Crippen LogP contribution in [0.5, 0.6) is 0 Å². The quantitative estimate of drug-likeness (QED) is 0.889. The molecular formula is C14H17NO3. The van der Waals surface area contributed by atoms with Crippen molar-refractivity contribution in [1.82, 2.24) is 0 Å². The molecule has 0 saturated carbocycles. The highest BCUT2D eigenvalue weighted by atomic mass is 16.4. The molecule has 2 rings (SSSR count). The van der Waals surface area contributed by atoms with E-state index in [0.717, 1.165) is 30.6 Å². The van der Waals surface area contributed by atoms with E-state index in [9.17, 15) is 9.59 Å². The van der Waals surface area contributed by atoms with Crippen LogP contribution in [0.25, 0.3) is 0 Å². The molecule has 1 aromatic rings. The number of amides is 1. The second-order valence-electron chi connectivity index (χ2n) is 4.55. The maximum atomic E-state index is 11.9. The van der Waals surface area contributed by atoms with Crippen LogP contribution in [0.2, 0.25) is 0 Å². The molecule has 0 atom stereocenters. The largest absolute Gasteiger partial charge is 0.478 e. The van der Waals surface area contributed by atoms with Crippen molar-refractivity contribution in [3.8, 4) is 0 Å². The molecule has 18 heavy (non-hydrogen) atoms. The fourth-order valence-electron chi connectivity index (χ4n) is 2.25. The zero-order chi connectivity index (χ0) is 13.1. The Bertz CT molecular complexity index is 482. The van der Waals surface area contributed by atoms with E-state index in [4.69, 9.17) is 5.11 Å². The van der Waals surface area contributed by atoms with E-state index < -0.39 is 5.97 Å². The van der Waals surface area contributed by atoms with Crippen LogP contribution in [-0.2, 0) is 11.2 Å². The van der Waals surface area contributed by atoms with Crippen LogP contribution < -0.4 is 4.90 Å². The molecule has 1 aliphatic rings. The Balaban J connectivity index is 2.32. The third kappa shape index (κ3) is 2.37. The number of unbranched alkanes of at least 4 members (excludes halogenated alkanes) is 1. The van der Waals surface area contributed by atoms with Gasteiger partial charge in [-0.25, -0.2) is 4.79 Å². The first-order chi connectivity index (χ1) is 8.63. The van der Waals surface area contributed by atoms with Crippen LogP contribution >= 0.6 is 0 Å². The number of aromatic carboxylic acids is 1. The lowest BCUT2D eigenvalue weighted by atomic mass is 9.98. The van der Waals surface area contributed by atoms with Crippen molar-refractivity contribution in [2.75, 3.05) is 11.4 Å². The van der Waals surface area contributed by atoms with Gasteiger partial charge in [-0.15, -0.1) is 0 Å². The summed E-state index contributed by atoms with van der Waals surface area (Å²) >= 11 is 0. The van der Waals surface area contributed by atoms with Gasteiger partial charge in [-0.3, -0.25) is 4.79 Å². The first-order valence-electron chi connectivity index (χ1n) is 6.30. The number of hydrogen-bond acceptors (Lipinski definition) is 2. The summed E-state index contributed by atoms with van der Waals surface area (Å²) < 4.78 is 0. The Morgan fingerprint density at radius 1 is 1.39 bits per heavy atom. The van der Waals surface area contributed by atoms with Crippen LogP contribution in [0.3, 0.4) is 0 Å². The molecule has 0 radical (unpaired) electrons. The molecule has 0 spiro atoms. The molecule has 1 heterocycles. The monoisotopic (exact) mass is 247 g/mol. The van der Waals surface area contributed by atoms with Crippen LogP contribution in [0.1, 0.15) is 42.1 Å². The normalized spacial score (nSPS) is 14.5. The van der Waals surface area contributed by atoms with E-state index in [1.165, 1.54) is 0 Å². The van der Waals surface area contributed by atoms with Gasteiger partial charge in [0.05, 0.1) is 5.56 Å². The van der Waals surface area contributed by atoms with Gasteiger partial charge in [-0.2, -0.15) is 0 Å². The van der Waals surface area contributed by atoms with Crippen LogP contribution in [-0.4, -0.2) is 23.5 Å². The number of benzene rings is 1. The van der Waals surface area contributed by atoms with Gasteiger partial charge in [-0.1, -0.05) is 13.3 Å². The number of nitrogens with zero attached hydrogens (tertiary/aromatic N) is 1. The third-order valence-corrected chi connectivity index (χ3v) is 3.26. The lowest BCUT2D eigenvalue weighted by Crippen LogP contribution is -2.35. The molecule has 1 aliphatic heterocycles. The lowest BCUT2D eigenvalue weighted by Gasteiger charge is -2.29. The van der Waals surface area contributed by atoms with E-state index in [2.05, 4.69) is 6.92 Å². The predicted octanol–water partition coefficient (Wildman–Crippen LogP) is 2.46. The third-order valence-electron chi connectivity index (χ3n) is 3.26. The van der Waals surface area contributed by atoms with E-state index in [0.29, 0.717) is 18.4 Å². The Labute approximate surface area is 106 Å². The van der Waals surface area contributed by atoms with Crippen molar-refractivity contribution in [2.24, 2.45) is 0 Å². The topological polar surface area (TPSA) is 57.6 Å². The summed E-state index contributed by atoms with van der Waals surface area (Å²) in [6, 6.07) is 5.01. The molecule has 0 bridgehead atoms. The summed E-state index contributed by atoms with van der Waals surface area (Å²) in [6.45, 7) is 2.80. The summed E-state index contributed by atoms with van der Waals surface area (Å²) in [5.74, 6) is -0.783. The fraction of sp³-hybridized carbons (Fsp3) is 0.429. The second-order valence-corrected chi connectivity index (χ2v) is 4.55. The molecule has 1 N–H and O–H groups in total. The lowest BCUT2D eigenvalue weighted by molar-refractivity contribution is -0.118. The minimum Gasteiger partial charge on any atom is -0.478 e. The number of rotatable bonds is 4. The van der Waals surface area contributed by atoms with Crippen LogP contribution in [0.15, 0.2) is 18.2 Å². The predicted molar refractivity (Wildman–Crippen MR) is 69.0 cm³/mol. The Morgan fingerprint density at radius 2 is 2.17 bits per heavy atom. The average molecular weight is 247 g/mol. The highest BCUT2D eigenvalue weighted by molar-refractivity contribution is 5.97. The van der Waals surface area contributed by atoms with Crippen molar-refractivity contribution in [1.29, 1.82) is 0 Å². The number of carbonyl (C=O) groups excluding carboxylic acids is 1. The molecule has 0 aromatic heterocycles. The Kier molecular flexibility index (Phi) is 3.65. The molecule has 0 fully saturated rings. The van der Waals surface area contributed by atoms with E-state index in [1.54, 1.807) is 23.1 Å². The standard InChI is InChI=1S/C14H17NO3/c1-2-3-8-15-12-6-4-11(14(17)18)9-10(12)5-7-13(15)16/h4,6,9H,2-3,5,7-8H2,1H3,(H,17,18). The van der Waals surface area contributed by atoms with Crippen molar-refractivity contribution >= 4 is 17.6 Å². The van der Waals surface area contributed by atoms with Gasteiger partial charge in [-0.05, 0) is 36.6 Å². The van der Waals surface area contributed by atoms with E-state index >= 15 is 0 Å². The van der Waals surface area contributed by atoms with Gasteiger partial charge in [0.25, 0.3) is 0 Å². The number of anilines is 1. The van der Waals surface area contributed by atoms with Gasteiger partial charge in [0, 0.05) is 18.7 Å². The van der Waals surface area contributed by atoms with Gasteiger partial charge in [0.1, 0.15) is 0 Å². The van der Waals surface area contributed by atoms with Crippen LogP contribution in [0.4, 0.5) is 5.69 Å². The van der Waals surface area contributed by atoms with Crippen molar-refractivity contribution in [3.63, 3.8) is 0 Å². The van der Waals surface area contributed by atoms with Crippen molar-refractivity contribution in [3.05, 3.63) is 29.3 Å². The number of aryl methyl sites for hydroxylation is 1. The summed E-state index contributed by atoms with van der Waals surface area (Å²) in [5, 5.41) is 8.97. The van der Waals surface area contributed by atoms with Crippen molar-refractivity contribution < 1.29 is 14.7 Å². The molecule has 4 heteroatoms. The zero-order valence-electron chi connectivity index (χ0n) is 10.5. The molecule has 0 unspecified atom stereocenters. The van der Waals surface area contributed by atoms with Gasteiger partial charge < -0.3 is 10.0 Å². The smallest absolute Gasteiger partial charge is 0.335 e. The minimum absolute atomic E-state index is 0.138. The highest BCUT2D eigenvalue weighted by Gasteiger charge is 2.24. The molecular weight excluding hydrogens is 230 g/mol. The summed E-state index contributed by atoms with van der Waals surface area (Å²) in [6.07, 6.45) is 3.11. The number of hydrogen-bond donors (Lipinski definition) is 1. The molecule has 1 aromatic carbocycles. The first kappa shape index (κ1) is 12.6. The molecule has 96 valence electrons. The number of carbonyl (C=O) groups is 2. The number of carboxylic acid groups (broad SMARTS) is 1. The number of carboxylic acids is 1. The highest BCUT2D eigenvalue weighted by Crippen LogP contribution is 2.29. The minimum atomic E-state index is -0.921. The van der Waals surface area contributed by atoms with Crippen LogP contribution in [0, 0.1) is 0 Å². The Hall–Kier alpha value is -1.84. The maximum absolute atomic E-state index is 11.9. The molecule has 0 aliphatic carbocycles.